The summed E-state index contributed by atoms with van der Waals surface area (Å²) in [6, 6.07) is 21.9. The first-order valence-electron chi connectivity index (χ1n) is 11.9. The number of amides is 2. The Bertz CT molecular complexity index is 1150. The number of fused-ring (bicyclic) bond motifs is 1. The van der Waals surface area contributed by atoms with Crippen molar-refractivity contribution in [1.29, 1.82) is 0 Å². The number of hydrogen-bond donors (Lipinski definition) is 1. The quantitative estimate of drug-likeness (QED) is 0.587. The van der Waals surface area contributed by atoms with Crippen molar-refractivity contribution in [2.75, 3.05) is 20.2 Å². The van der Waals surface area contributed by atoms with Crippen molar-refractivity contribution in [3.05, 3.63) is 77.9 Å². The first-order chi connectivity index (χ1) is 16.2. The highest BCUT2D eigenvalue weighted by atomic mass is 16.5. The van der Waals surface area contributed by atoms with E-state index in [0.717, 1.165) is 16.5 Å². The summed E-state index contributed by atoms with van der Waals surface area (Å²) in [5.41, 5.74) is 1.87. The highest BCUT2D eigenvalue weighted by Gasteiger charge is 2.36. The van der Waals surface area contributed by atoms with E-state index in [2.05, 4.69) is 17.4 Å². The second-order valence-corrected chi connectivity index (χ2v) is 9.16. The highest BCUT2D eigenvalue weighted by molar-refractivity contribution is 6.08. The van der Waals surface area contributed by atoms with Gasteiger partial charge in [0.25, 0.3) is 5.91 Å². The van der Waals surface area contributed by atoms with Gasteiger partial charge in [-0.15, -0.1) is 0 Å². The fourth-order valence-corrected chi connectivity index (χ4v) is 4.99. The van der Waals surface area contributed by atoms with Gasteiger partial charge in [0.2, 0.25) is 5.91 Å². The molecule has 3 aromatic carbocycles. The van der Waals surface area contributed by atoms with Crippen molar-refractivity contribution in [3.63, 3.8) is 0 Å². The second kappa shape index (κ2) is 9.26. The minimum absolute atomic E-state index is 0.0212. The summed E-state index contributed by atoms with van der Waals surface area (Å²) in [5, 5.41) is 5.16. The Hall–Kier alpha value is -3.34. The Balaban J connectivity index is 1.24. The normalized spacial score (nSPS) is 17.5. The third-order valence-electron chi connectivity index (χ3n) is 7.04. The monoisotopic (exact) mass is 442 g/mol. The molecule has 5 rings (SSSR count). The minimum Gasteiger partial charge on any atom is -0.496 e. The summed E-state index contributed by atoms with van der Waals surface area (Å²) in [4.78, 5) is 28.3. The summed E-state index contributed by atoms with van der Waals surface area (Å²) in [6.45, 7) is 1.19. The number of nitrogens with zero attached hydrogens (tertiary/aromatic N) is 1. The number of nitrogens with one attached hydrogen (secondary N) is 1. The molecule has 0 bridgehead atoms. The van der Waals surface area contributed by atoms with Crippen LogP contribution >= 0.6 is 0 Å². The van der Waals surface area contributed by atoms with Crippen LogP contribution in [0.3, 0.4) is 0 Å². The average molecular weight is 443 g/mol. The smallest absolute Gasteiger partial charge is 0.254 e. The Morgan fingerprint density at radius 2 is 1.55 bits per heavy atom. The number of likely N-dealkylation sites (tertiary alicyclic amines) is 1. The first kappa shape index (κ1) is 21.5. The van der Waals surface area contributed by atoms with Gasteiger partial charge in [-0.05, 0) is 54.7 Å². The Morgan fingerprint density at radius 3 is 2.21 bits per heavy atom. The number of piperidine rings is 1. The number of carbonyl (C=O) groups excluding carboxylic acids is 2. The number of benzene rings is 3. The molecular formula is C28H30N2O3. The average Bonchev–Trinajstić information content (AvgIpc) is 3.72. The van der Waals surface area contributed by atoms with Crippen LogP contribution < -0.4 is 10.1 Å². The van der Waals surface area contributed by atoms with E-state index in [-0.39, 0.29) is 23.8 Å². The zero-order chi connectivity index (χ0) is 22.8. The van der Waals surface area contributed by atoms with Crippen LogP contribution in [0.2, 0.25) is 0 Å². The Morgan fingerprint density at radius 1 is 0.879 bits per heavy atom. The van der Waals surface area contributed by atoms with Gasteiger partial charge in [-0.25, -0.2) is 0 Å². The summed E-state index contributed by atoms with van der Waals surface area (Å²) >= 11 is 0. The number of rotatable bonds is 6. The molecule has 5 nitrogen and oxygen atoms in total. The molecule has 1 aliphatic heterocycles. The SMILES string of the molecule is COc1ccc(C(=O)N2CCC(C(=O)NC(c3ccccc3)C3CC3)CC2)c2ccccc12. The van der Waals surface area contributed by atoms with Crippen LogP contribution in [0.15, 0.2) is 66.7 Å². The van der Waals surface area contributed by atoms with Gasteiger partial charge in [-0.3, -0.25) is 9.59 Å². The summed E-state index contributed by atoms with van der Waals surface area (Å²) in [5.74, 6) is 1.40. The van der Waals surface area contributed by atoms with E-state index in [1.165, 1.54) is 18.4 Å². The molecule has 170 valence electrons. The lowest BCUT2D eigenvalue weighted by Gasteiger charge is -2.32. The van der Waals surface area contributed by atoms with Gasteiger partial charge in [0.05, 0.1) is 13.2 Å². The van der Waals surface area contributed by atoms with Crippen LogP contribution in [0, 0.1) is 11.8 Å². The van der Waals surface area contributed by atoms with Crippen molar-refractivity contribution in [1.82, 2.24) is 10.2 Å². The van der Waals surface area contributed by atoms with Gasteiger partial charge in [0.15, 0.2) is 0 Å². The molecule has 5 heteroatoms. The molecule has 0 aromatic heterocycles. The number of hydrogen-bond acceptors (Lipinski definition) is 3. The van der Waals surface area contributed by atoms with Crippen molar-refractivity contribution in [3.8, 4) is 5.75 Å². The molecular weight excluding hydrogens is 412 g/mol. The molecule has 2 amide bonds. The third kappa shape index (κ3) is 4.45. The van der Waals surface area contributed by atoms with E-state index in [1.54, 1.807) is 7.11 Å². The van der Waals surface area contributed by atoms with Crippen molar-refractivity contribution in [2.45, 2.75) is 31.7 Å². The first-order valence-corrected chi connectivity index (χ1v) is 11.9. The van der Waals surface area contributed by atoms with E-state index in [4.69, 9.17) is 4.74 Å². The van der Waals surface area contributed by atoms with E-state index < -0.39 is 0 Å². The van der Waals surface area contributed by atoms with Crippen LogP contribution in [-0.2, 0) is 4.79 Å². The van der Waals surface area contributed by atoms with Gasteiger partial charge in [0.1, 0.15) is 5.75 Å². The Kier molecular flexibility index (Phi) is 6.03. The van der Waals surface area contributed by atoms with Crippen molar-refractivity contribution in [2.24, 2.45) is 11.8 Å². The van der Waals surface area contributed by atoms with Crippen LogP contribution in [0.4, 0.5) is 0 Å². The molecule has 1 saturated heterocycles. The predicted molar refractivity (Wildman–Crippen MR) is 129 cm³/mol. The number of carbonyl (C=O) groups is 2. The lowest BCUT2D eigenvalue weighted by Crippen LogP contribution is -2.44. The zero-order valence-corrected chi connectivity index (χ0v) is 19.0. The van der Waals surface area contributed by atoms with Crippen LogP contribution in [0.25, 0.3) is 10.8 Å². The van der Waals surface area contributed by atoms with E-state index in [1.807, 2.05) is 59.5 Å². The molecule has 1 N–H and O–H groups in total. The Labute approximate surface area is 194 Å². The van der Waals surface area contributed by atoms with Gasteiger partial charge in [0, 0.05) is 30.0 Å². The largest absolute Gasteiger partial charge is 0.496 e. The molecule has 3 aromatic rings. The number of methoxy groups -OCH3 is 1. The molecule has 1 atom stereocenters. The molecule has 1 aliphatic carbocycles. The molecule has 2 aliphatic rings. The third-order valence-corrected chi connectivity index (χ3v) is 7.04. The molecule has 1 saturated carbocycles. The molecule has 33 heavy (non-hydrogen) atoms. The maximum atomic E-state index is 13.3. The topological polar surface area (TPSA) is 58.6 Å². The van der Waals surface area contributed by atoms with Gasteiger partial charge >= 0.3 is 0 Å². The lowest BCUT2D eigenvalue weighted by molar-refractivity contribution is -0.127. The fourth-order valence-electron chi connectivity index (χ4n) is 4.99. The van der Waals surface area contributed by atoms with E-state index in [9.17, 15) is 9.59 Å². The summed E-state index contributed by atoms with van der Waals surface area (Å²) in [6.07, 6.45) is 3.72. The molecule has 1 unspecified atom stereocenters. The van der Waals surface area contributed by atoms with Crippen LogP contribution in [0.5, 0.6) is 5.75 Å². The van der Waals surface area contributed by atoms with Crippen molar-refractivity contribution < 1.29 is 14.3 Å². The fraction of sp³-hybridized carbons (Fsp3) is 0.357. The second-order valence-electron chi connectivity index (χ2n) is 9.16. The van der Waals surface area contributed by atoms with Crippen LogP contribution in [0.1, 0.15) is 47.6 Å². The molecule has 2 fully saturated rings. The lowest BCUT2D eigenvalue weighted by atomic mass is 9.93. The standard InChI is InChI=1S/C28H30N2O3/c1-33-25-14-13-24(22-9-5-6-10-23(22)25)28(32)30-17-15-21(16-18-30)27(31)29-26(20-11-12-20)19-7-3-2-4-8-19/h2-10,13-14,20-21,26H,11-12,15-18H2,1H3,(H,29,31). The van der Waals surface area contributed by atoms with Gasteiger partial charge < -0.3 is 15.0 Å². The minimum atomic E-state index is -0.0494. The predicted octanol–water partition coefficient (Wildman–Crippen LogP) is 4.97. The highest BCUT2D eigenvalue weighted by Crippen LogP contribution is 2.41. The molecule has 0 radical (unpaired) electrons. The summed E-state index contributed by atoms with van der Waals surface area (Å²) < 4.78 is 5.46. The van der Waals surface area contributed by atoms with E-state index >= 15 is 0 Å². The maximum absolute atomic E-state index is 13.3. The van der Waals surface area contributed by atoms with Gasteiger partial charge in [-0.2, -0.15) is 0 Å². The molecule has 0 spiro atoms. The van der Waals surface area contributed by atoms with Gasteiger partial charge in [-0.1, -0.05) is 54.6 Å². The summed E-state index contributed by atoms with van der Waals surface area (Å²) in [7, 11) is 1.64. The van der Waals surface area contributed by atoms with Crippen molar-refractivity contribution >= 4 is 22.6 Å². The maximum Gasteiger partial charge on any atom is 0.254 e. The molecule has 1 heterocycles. The van der Waals surface area contributed by atoms with E-state index in [0.29, 0.717) is 37.4 Å². The van der Waals surface area contributed by atoms with Crippen LogP contribution in [-0.4, -0.2) is 36.9 Å². The number of ether oxygens (including phenoxy) is 1. The zero-order valence-electron chi connectivity index (χ0n) is 19.0.